The van der Waals surface area contributed by atoms with E-state index in [1.165, 1.54) is 12.8 Å². The highest BCUT2D eigenvalue weighted by Crippen LogP contribution is 2.40. The highest BCUT2D eigenvalue weighted by Gasteiger charge is 2.38. The van der Waals surface area contributed by atoms with Gasteiger partial charge in [0.1, 0.15) is 0 Å². The van der Waals surface area contributed by atoms with Gasteiger partial charge in [0, 0.05) is 25.1 Å². The third-order valence-electron chi connectivity index (χ3n) is 4.62. The van der Waals surface area contributed by atoms with Crippen LogP contribution in [0.15, 0.2) is 0 Å². The first kappa shape index (κ1) is 14.3. The fraction of sp³-hybridized carbons (Fsp3) is 1.00. The van der Waals surface area contributed by atoms with Gasteiger partial charge in [-0.15, -0.1) is 0 Å². The predicted octanol–water partition coefficient (Wildman–Crippen LogP) is 0.868. The predicted molar refractivity (Wildman–Crippen MR) is 70.4 cm³/mol. The monoisotopic (exact) mass is 257 g/mol. The lowest BCUT2D eigenvalue weighted by Crippen LogP contribution is -2.53. The van der Waals surface area contributed by atoms with Gasteiger partial charge in [-0.05, 0) is 18.8 Å². The second kappa shape index (κ2) is 6.33. The SMILES string of the molecule is CC1CCCC(CO)(CN2CCOCC2CO)C1. The summed E-state index contributed by atoms with van der Waals surface area (Å²) in [5.74, 6) is 0.708. The van der Waals surface area contributed by atoms with Crippen LogP contribution < -0.4 is 0 Å². The van der Waals surface area contributed by atoms with Crippen molar-refractivity contribution in [2.45, 2.75) is 38.6 Å². The van der Waals surface area contributed by atoms with Crippen LogP contribution in [0, 0.1) is 11.3 Å². The maximum atomic E-state index is 9.83. The van der Waals surface area contributed by atoms with E-state index in [1.54, 1.807) is 0 Å². The van der Waals surface area contributed by atoms with Crippen molar-refractivity contribution in [1.29, 1.82) is 0 Å². The topological polar surface area (TPSA) is 52.9 Å². The molecule has 106 valence electrons. The molecule has 4 heteroatoms. The normalized spacial score (nSPS) is 38.8. The third kappa shape index (κ3) is 3.23. The molecule has 0 amide bonds. The summed E-state index contributed by atoms with van der Waals surface area (Å²) >= 11 is 0. The standard InChI is InChI=1S/C14H27NO3/c1-12-3-2-4-14(7-12,11-17)10-15-5-6-18-9-13(15)8-16/h12-13,16-17H,2-11H2,1H3. The van der Waals surface area contributed by atoms with Gasteiger partial charge in [-0.25, -0.2) is 0 Å². The lowest BCUT2D eigenvalue weighted by atomic mass is 9.70. The molecule has 0 bridgehead atoms. The Kier molecular flexibility index (Phi) is 5.01. The summed E-state index contributed by atoms with van der Waals surface area (Å²) in [6.07, 6.45) is 4.73. The van der Waals surface area contributed by atoms with Crippen LogP contribution in [0.5, 0.6) is 0 Å². The second-order valence-corrected chi connectivity index (χ2v) is 6.24. The zero-order chi connectivity index (χ0) is 13.0. The molecule has 1 heterocycles. The summed E-state index contributed by atoms with van der Waals surface area (Å²) in [7, 11) is 0. The minimum atomic E-state index is 0.0441. The molecule has 0 aromatic carbocycles. The Hall–Kier alpha value is -0.160. The molecular weight excluding hydrogens is 230 g/mol. The molecule has 2 fully saturated rings. The van der Waals surface area contributed by atoms with Gasteiger partial charge >= 0.3 is 0 Å². The van der Waals surface area contributed by atoms with Gasteiger partial charge in [0.15, 0.2) is 0 Å². The van der Waals surface area contributed by atoms with Crippen molar-refractivity contribution in [2.75, 3.05) is 39.5 Å². The maximum Gasteiger partial charge on any atom is 0.0644 e. The summed E-state index contributed by atoms with van der Waals surface area (Å²) < 4.78 is 5.42. The van der Waals surface area contributed by atoms with Gasteiger partial charge in [-0.1, -0.05) is 19.8 Å². The van der Waals surface area contributed by atoms with Crippen molar-refractivity contribution in [3.63, 3.8) is 0 Å². The fourth-order valence-corrected chi connectivity index (χ4v) is 3.60. The molecule has 0 radical (unpaired) electrons. The molecule has 2 N–H and O–H groups in total. The Morgan fingerprint density at radius 1 is 1.39 bits per heavy atom. The van der Waals surface area contributed by atoms with Crippen LogP contribution in [0.3, 0.4) is 0 Å². The zero-order valence-electron chi connectivity index (χ0n) is 11.5. The van der Waals surface area contributed by atoms with Crippen LogP contribution in [-0.4, -0.2) is 60.7 Å². The van der Waals surface area contributed by atoms with E-state index in [4.69, 9.17) is 4.74 Å². The molecule has 2 rings (SSSR count). The van der Waals surface area contributed by atoms with Crippen molar-refractivity contribution >= 4 is 0 Å². The lowest BCUT2D eigenvalue weighted by Gasteiger charge is -2.45. The summed E-state index contributed by atoms with van der Waals surface area (Å²) in [5, 5.41) is 19.2. The quantitative estimate of drug-likeness (QED) is 0.784. The number of aliphatic hydroxyl groups is 2. The molecule has 3 unspecified atom stereocenters. The van der Waals surface area contributed by atoms with E-state index >= 15 is 0 Å². The van der Waals surface area contributed by atoms with Gasteiger partial charge in [-0.3, -0.25) is 4.90 Å². The number of hydrogen-bond donors (Lipinski definition) is 2. The summed E-state index contributed by atoms with van der Waals surface area (Å²) in [5.41, 5.74) is 0.0441. The minimum absolute atomic E-state index is 0.0441. The van der Waals surface area contributed by atoms with E-state index in [-0.39, 0.29) is 24.7 Å². The first-order valence-electron chi connectivity index (χ1n) is 7.23. The number of ether oxygens (including phenoxy) is 1. The first-order chi connectivity index (χ1) is 8.69. The van der Waals surface area contributed by atoms with Crippen LogP contribution in [0.4, 0.5) is 0 Å². The van der Waals surface area contributed by atoms with Gasteiger partial charge in [0.05, 0.1) is 25.9 Å². The molecule has 2 aliphatic rings. The molecule has 1 saturated carbocycles. The Morgan fingerprint density at radius 2 is 2.22 bits per heavy atom. The number of nitrogens with zero attached hydrogens (tertiary/aromatic N) is 1. The number of morpholine rings is 1. The summed E-state index contributed by atoms with van der Waals surface area (Å²) in [4.78, 5) is 2.32. The highest BCUT2D eigenvalue weighted by atomic mass is 16.5. The van der Waals surface area contributed by atoms with Crippen LogP contribution in [0.25, 0.3) is 0 Å². The molecule has 1 saturated heterocycles. The van der Waals surface area contributed by atoms with Crippen molar-refractivity contribution in [2.24, 2.45) is 11.3 Å². The molecule has 18 heavy (non-hydrogen) atoms. The van der Waals surface area contributed by atoms with Crippen molar-refractivity contribution < 1.29 is 14.9 Å². The number of rotatable bonds is 4. The van der Waals surface area contributed by atoms with Crippen LogP contribution in [0.1, 0.15) is 32.6 Å². The largest absolute Gasteiger partial charge is 0.396 e. The Morgan fingerprint density at radius 3 is 2.89 bits per heavy atom. The van der Waals surface area contributed by atoms with Crippen molar-refractivity contribution in [1.82, 2.24) is 4.90 Å². The average Bonchev–Trinajstić information content (AvgIpc) is 2.39. The highest BCUT2D eigenvalue weighted by molar-refractivity contribution is 4.90. The summed E-state index contributed by atoms with van der Waals surface area (Å²) in [6.45, 7) is 5.85. The van der Waals surface area contributed by atoms with E-state index in [9.17, 15) is 10.2 Å². The van der Waals surface area contributed by atoms with E-state index in [2.05, 4.69) is 11.8 Å². The minimum Gasteiger partial charge on any atom is -0.396 e. The van der Waals surface area contributed by atoms with Crippen molar-refractivity contribution in [3.8, 4) is 0 Å². The Balaban J connectivity index is 1.99. The molecule has 1 aliphatic heterocycles. The van der Waals surface area contributed by atoms with Gasteiger partial charge in [0.25, 0.3) is 0 Å². The van der Waals surface area contributed by atoms with Crippen LogP contribution in [-0.2, 0) is 4.74 Å². The van der Waals surface area contributed by atoms with E-state index < -0.39 is 0 Å². The molecular formula is C14H27NO3. The van der Waals surface area contributed by atoms with E-state index in [0.717, 1.165) is 32.5 Å². The van der Waals surface area contributed by atoms with E-state index in [0.29, 0.717) is 12.5 Å². The molecule has 3 atom stereocenters. The summed E-state index contributed by atoms with van der Waals surface area (Å²) in [6, 6.07) is 0.111. The fourth-order valence-electron chi connectivity index (χ4n) is 3.60. The number of hydrogen-bond acceptors (Lipinski definition) is 4. The number of aliphatic hydroxyl groups excluding tert-OH is 2. The molecule has 0 aromatic rings. The molecule has 1 aliphatic carbocycles. The van der Waals surface area contributed by atoms with E-state index in [1.807, 2.05) is 0 Å². The molecule has 0 aromatic heterocycles. The lowest BCUT2D eigenvalue weighted by molar-refractivity contribution is -0.0632. The third-order valence-corrected chi connectivity index (χ3v) is 4.62. The van der Waals surface area contributed by atoms with Crippen LogP contribution in [0.2, 0.25) is 0 Å². The maximum absolute atomic E-state index is 9.83. The molecule has 0 spiro atoms. The molecule has 4 nitrogen and oxygen atoms in total. The second-order valence-electron chi connectivity index (χ2n) is 6.24. The Bertz CT molecular complexity index is 261. The van der Waals surface area contributed by atoms with Gasteiger partial charge < -0.3 is 14.9 Å². The zero-order valence-corrected chi connectivity index (χ0v) is 11.5. The first-order valence-corrected chi connectivity index (χ1v) is 7.23. The average molecular weight is 257 g/mol. The smallest absolute Gasteiger partial charge is 0.0644 e. The van der Waals surface area contributed by atoms with Gasteiger partial charge in [0.2, 0.25) is 0 Å². The Labute approximate surface area is 110 Å². The van der Waals surface area contributed by atoms with Crippen molar-refractivity contribution in [3.05, 3.63) is 0 Å². The van der Waals surface area contributed by atoms with Crippen LogP contribution >= 0.6 is 0 Å². The van der Waals surface area contributed by atoms with Gasteiger partial charge in [-0.2, -0.15) is 0 Å².